The van der Waals surface area contributed by atoms with E-state index in [0.29, 0.717) is 13.2 Å². The van der Waals surface area contributed by atoms with Gasteiger partial charge in [-0.05, 0) is 36.7 Å². The molecule has 2 aromatic carbocycles. The van der Waals surface area contributed by atoms with E-state index in [0.717, 1.165) is 28.3 Å². The van der Waals surface area contributed by atoms with Crippen LogP contribution in [0.4, 0.5) is 0 Å². The standard InChI is InChI=1S/C15H16ClNO.ClH/c16-13-8-6-12(7-9-13)14-4-1-2-5-15(14)18-11-3-10-17;/h1-2,4-9H,3,10-11,17H2;1H. The first kappa shape index (κ1) is 15.8. The fourth-order valence-electron chi connectivity index (χ4n) is 1.73. The zero-order chi connectivity index (χ0) is 12.8. The first-order valence-corrected chi connectivity index (χ1v) is 6.37. The van der Waals surface area contributed by atoms with Crippen LogP contribution in [0, 0.1) is 0 Å². The molecule has 19 heavy (non-hydrogen) atoms. The number of halogens is 2. The van der Waals surface area contributed by atoms with Crippen molar-refractivity contribution in [3.8, 4) is 16.9 Å². The summed E-state index contributed by atoms with van der Waals surface area (Å²) in [6.45, 7) is 1.28. The lowest BCUT2D eigenvalue weighted by Crippen LogP contribution is -2.06. The molecular weight excluding hydrogens is 281 g/mol. The van der Waals surface area contributed by atoms with E-state index >= 15 is 0 Å². The normalized spacial score (nSPS) is 9.79. The molecule has 0 aliphatic carbocycles. The van der Waals surface area contributed by atoms with Crippen molar-refractivity contribution in [2.45, 2.75) is 6.42 Å². The lowest BCUT2D eigenvalue weighted by atomic mass is 10.0. The highest BCUT2D eigenvalue weighted by atomic mass is 35.5. The maximum Gasteiger partial charge on any atom is 0.127 e. The minimum absolute atomic E-state index is 0. The molecule has 102 valence electrons. The Morgan fingerprint density at radius 1 is 1.00 bits per heavy atom. The summed E-state index contributed by atoms with van der Waals surface area (Å²) in [5, 5.41) is 0.736. The number of hydrogen-bond acceptors (Lipinski definition) is 2. The Labute approximate surface area is 124 Å². The van der Waals surface area contributed by atoms with Crippen LogP contribution in [0.2, 0.25) is 5.02 Å². The molecule has 0 spiro atoms. The summed E-state index contributed by atoms with van der Waals surface area (Å²) in [7, 11) is 0. The average molecular weight is 298 g/mol. The predicted molar refractivity (Wildman–Crippen MR) is 83.3 cm³/mol. The number of benzene rings is 2. The lowest BCUT2D eigenvalue weighted by Gasteiger charge is -2.11. The smallest absolute Gasteiger partial charge is 0.127 e. The van der Waals surface area contributed by atoms with Gasteiger partial charge in [0.05, 0.1) is 6.61 Å². The van der Waals surface area contributed by atoms with Crippen LogP contribution in [0.15, 0.2) is 48.5 Å². The highest BCUT2D eigenvalue weighted by Gasteiger charge is 2.05. The maximum absolute atomic E-state index is 5.90. The van der Waals surface area contributed by atoms with Crippen molar-refractivity contribution >= 4 is 24.0 Å². The van der Waals surface area contributed by atoms with E-state index in [1.165, 1.54) is 0 Å². The molecule has 0 aliphatic rings. The number of ether oxygens (including phenoxy) is 1. The predicted octanol–water partition coefficient (Wildman–Crippen LogP) is 4.16. The van der Waals surface area contributed by atoms with Crippen LogP contribution in [0.3, 0.4) is 0 Å². The van der Waals surface area contributed by atoms with Gasteiger partial charge in [-0.1, -0.05) is 41.9 Å². The quantitative estimate of drug-likeness (QED) is 0.841. The van der Waals surface area contributed by atoms with E-state index < -0.39 is 0 Å². The molecule has 0 saturated carbocycles. The van der Waals surface area contributed by atoms with Gasteiger partial charge in [0.2, 0.25) is 0 Å². The Morgan fingerprint density at radius 3 is 2.37 bits per heavy atom. The molecule has 2 nitrogen and oxygen atoms in total. The van der Waals surface area contributed by atoms with Gasteiger partial charge >= 0.3 is 0 Å². The van der Waals surface area contributed by atoms with Gasteiger partial charge in [0.1, 0.15) is 5.75 Å². The van der Waals surface area contributed by atoms with Gasteiger partial charge in [-0.25, -0.2) is 0 Å². The van der Waals surface area contributed by atoms with Crippen molar-refractivity contribution < 1.29 is 4.74 Å². The maximum atomic E-state index is 5.90. The minimum atomic E-state index is 0. The van der Waals surface area contributed by atoms with Crippen LogP contribution in [0.25, 0.3) is 11.1 Å². The fraction of sp³-hybridized carbons (Fsp3) is 0.200. The summed E-state index contributed by atoms with van der Waals surface area (Å²) < 4.78 is 5.75. The molecule has 0 aromatic heterocycles. The minimum Gasteiger partial charge on any atom is -0.493 e. The average Bonchev–Trinajstić information content (AvgIpc) is 2.41. The van der Waals surface area contributed by atoms with Crippen molar-refractivity contribution in [1.29, 1.82) is 0 Å². The molecule has 4 heteroatoms. The molecule has 0 saturated heterocycles. The monoisotopic (exact) mass is 297 g/mol. The Kier molecular flexibility index (Phi) is 6.71. The Hall–Kier alpha value is -1.22. The molecule has 0 heterocycles. The van der Waals surface area contributed by atoms with E-state index in [-0.39, 0.29) is 12.4 Å². The summed E-state index contributed by atoms with van der Waals surface area (Å²) in [5.74, 6) is 0.883. The second-order valence-electron chi connectivity index (χ2n) is 3.99. The van der Waals surface area contributed by atoms with Gasteiger partial charge in [0.15, 0.2) is 0 Å². The second-order valence-corrected chi connectivity index (χ2v) is 4.43. The summed E-state index contributed by atoms with van der Waals surface area (Å²) in [5.41, 5.74) is 7.64. The van der Waals surface area contributed by atoms with Crippen LogP contribution in [0.5, 0.6) is 5.75 Å². The highest BCUT2D eigenvalue weighted by molar-refractivity contribution is 6.30. The molecule has 2 N–H and O–H groups in total. The first-order valence-electron chi connectivity index (χ1n) is 5.99. The van der Waals surface area contributed by atoms with Crippen LogP contribution in [0.1, 0.15) is 6.42 Å². The number of hydrogen-bond donors (Lipinski definition) is 1. The molecule has 0 unspecified atom stereocenters. The topological polar surface area (TPSA) is 35.2 Å². The summed E-state index contributed by atoms with van der Waals surface area (Å²) >= 11 is 5.90. The molecule has 0 radical (unpaired) electrons. The number of para-hydroxylation sites is 1. The van der Waals surface area contributed by atoms with Crippen molar-refractivity contribution in [3.05, 3.63) is 53.6 Å². The van der Waals surface area contributed by atoms with Crippen molar-refractivity contribution in [1.82, 2.24) is 0 Å². The van der Waals surface area contributed by atoms with Crippen molar-refractivity contribution in [2.24, 2.45) is 5.73 Å². The van der Waals surface area contributed by atoms with Gasteiger partial charge in [-0.3, -0.25) is 0 Å². The molecule has 0 atom stereocenters. The number of nitrogens with two attached hydrogens (primary N) is 1. The van der Waals surface area contributed by atoms with Crippen LogP contribution < -0.4 is 10.5 Å². The fourth-order valence-corrected chi connectivity index (χ4v) is 1.85. The SMILES string of the molecule is Cl.NCCCOc1ccccc1-c1ccc(Cl)cc1. The summed E-state index contributed by atoms with van der Waals surface area (Å²) in [4.78, 5) is 0. The zero-order valence-corrected chi connectivity index (χ0v) is 12.1. The highest BCUT2D eigenvalue weighted by Crippen LogP contribution is 2.30. The lowest BCUT2D eigenvalue weighted by molar-refractivity contribution is 0.314. The molecule has 0 amide bonds. The number of rotatable bonds is 5. The van der Waals surface area contributed by atoms with Crippen molar-refractivity contribution in [2.75, 3.05) is 13.2 Å². The third-order valence-electron chi connectivity index (χ3n) is 2.65. The van der Waals surface area contributed by atoms with Gasteiger partial charge in [0.25, 0.3) is 0 Å². The molecular formula is C15H17Cl2NO. The van der Waals surface area contributed by atoms with Gasteiger partial charge in [-0.2, -0.15) is 0 Å². The van der Waals surface area contributed by atoms with E-state index in [1.54, 1.807) is 0 Å². The Morgan fingerprint density at radius 2 is 1.68 bits per heavy atom. The largest absolute Gasteiger partial charge is 0.493 e. The Balaban J connectivity index is 0.00000180. The molecule has 0 fully saturated rings. The van der Waals surface area contributed by atoms with E-state index in [9.17, 15) is 0 Å². The first-order chi connectivity index (χ1) is 8.81. The second kappa shape index (κ2) is 8.05. The van der Waals surface area contributed by atoms with Crippen LogP contribution >= 0.6 is 24.0 Å². The zero-order valence-electron chi connectivity index (χ0n) is 10.5. The molecule has 2 aromatic rings. The summed E-state index contributed by atoms with van der Waals surface area (Å²) in [6.07, 6.45) is 0.856. The molecule has 0 aliphatic heterocycles. The summed E-state index contributed by atoms with van der Waals surface area (Å²) in [6, 6.07) is 15.7. The molecule has 2 rings (SSSR count). The van der Waals surface area contributed by atoms with Gasteiger partial charge < -0.3 is 10.5 Å². The Bertz CT molecular complexity index is 500. The van der Waals surface area contributed by atoms with E-state index in [2.05, 4.69) is 0 Å². The third kappa shape index (κ3) is 4.43. The third-order valence-corrected chi connectivity index (χ3v) is 2.90. The van der Waals surface area contributed by atoms with Gasteiger partial charge in [-0.15, -0.1) is 12.4 Å². The molecule has 0 bridgehead atoms. The van der Waals surface area contributed by atoms with Crippen LogP contribution in [-0.2, 0) is 0 Å². The van der Waals surface area contributed by atoms with Crippen LogP contribution in [-0.4, -0.2) is 13.2 Å². The van der Waals surface area contributed by atoms with Crippen molar-refractivity contribution in [3.63, 3.8) is 0 Å². The van der Waals surface area contributed by atoms with E-state index in [4.69, 9.17) is 22.1 Å². The van der Waals surface area contributed by atoms with Gasteiger partial charge in [0, 0.05) is 10.6 Å². The van der Waals surface area contributed by atoms with E-state index in [1.807, 2.05) is 48.5 Å².